The second-order valence-electron chi connectivity index (χ2n) is 9.12. The molecule has 1 aromatic heterocycles. The number of carbonyl (C=O) groups is 1. The van der Waals surface area contributed by atoms with Crippen molar-refractivity contribution in [1.82, 2.24) is 14.5 Å². The number of hydrogen-bond donors (Lipinski definition) is 0. The first-order valence-corrected chi connectivity index (χ1v) is 11.2. The van der Waals surface area contributed by atoms with Crippen LogP contribution in [0.1, 0.15) is 38.3 Å². The molecule has 3 aromatic rings. The number of amides is 1. The van der Waals surface area contributed by atoms with Crippen LogP contribution in [0.15, 0.2) is 53.6 Å². The Kier molecular flexibility index (Phi) is 4.99. The summed E-state index contributed by atoms with van der Waals surface area (Å²) >= 11 is 0. The van der Waals surface area contributed by atoms with Gasteiger partial charge in [0.2, 0.25) is 5.91 Å². The molecule has 1 saturated carbocycles. The molecular weight excluding hydrogens is 407 g/mol. The summed E-state index contributed by atoms with van der Waals surface area (Å²) in [5.41, 5.74) is 2.12. The fourth-order valence-electron chi connectivity index (χ4n) is 4.68. The van der Waals surface area contributed by atoms with Crippen LogP contribution < -0.4 is 10.5 Å². The lowest BCUT2D eigenvalue weighted by Crippen LogP contribution is -2.51. The predicted octanol–water partition coefficient (Wildman–Crippen LogP) is 3.50. The van der Waals surface area contributed by atoms with Gasteiger partial charge in [-0.15, -0.1) is 0 Å². The van der Waals surface area contributed by atoms with E-state index in [1.165, 1.54) is 12.1 Å². The SMILES string of the molecule is CC(C)n1cnc2cc(N3CCN(C(=O)C4(c5ccc(F)cc5)CC4)CC3)ccc2c1=O. The maximum Gasteiger partial charge on any atom is 0.261 e. The molecule has 1 saturated heterocycles. The molecule has 0 atom stereocenters. The minimum absolute atomic E-state index is 0.0255. The van der Waals surface area contributed by atoms with Crippen LogP contribution in [0, 0.1) is 5.82 Å². The number of hydrogen-bond acceptors (Lipinski definition) is 4. The van der Waals surface area contributed by atoms with E-state index in [2.05, 4.69) is 9.88 Å². The van der Waals surface area contributed by atoms with Crippen molar-refractivity contribution in [2.75, 3.05) is 31.1 Å². The zero-order valence-corrected chi connectivity index (χ0v) is 18.4. The lowest BCUT2D eigenvalue weighted by molar-refractivity contribution is -0.134. The van der Waals surface area contributed by atoms with Gasteiger partial charge in [-0.25, -0.2) is 9.37 Å². The third-order valence-corrected chi connectivity index (χ3v) is 6.81. The molecule has 32 heavy (non-hydrogen) atoms. The Morgan fingerprint density at radius 1 is 1.03 bits per heavy atom. The number of nitrogens with zero attached hydrogens (tertiary/aromatic N) is 4. The van der Waals surface area contributed by atoms with E-state index in [-0.39, 0.29) is 23.3 Å². The smallest absolute Gasteiger partial charge is 0.261 e. The van der Waals surface area contributed by atoms with Crippen molar-refractivity contribution < 1.29 is 9.18 Å². The monoisotopic (exact) mass is 434 g/mol. The zero-order chi connectivity index (χ0) is 22.5. The number of aromatic nitrogens is 2. The van der Waals surface area contributed by atoms with Gasteiger partial charge < -0.3 is 9.80 Å². The molecule has 0 N–H and O–H groups in total. The van der Waals surface area contributed by atoms with Crippen molar-refractivity contribution in [2.45, 2.75) is 38.1 Å². The van der Waals surface area contributed by atoms with E-state index in [1.807, 2.05) is 36.9 Å². The van der Waals surface area contributed by atoms with E-state index < -0.39 is 5.41 Å². The van der Waals surface area contributed by atoms with Gasteiger partial charge in [0.1, 0.15) is 5.82 Å². The fraction of sp³-hybridized carbons (Fsp3) is 0.400. The molecule has 1 aliphatic carbocycles. The number of benzene rings is 2. The van der Waals surface area contributed by atoms with Gasteiger partial charge in [-0.3, -0.25) is 14.2 Å². The minimum atomic E-state index is -0.473. The van der Waals surface area contributed by atoms with Crippen LogP contribution in [0.4, 0.5) is 10.1 Å². The van der Waals surface area contributed by atoms with Gasteiger partial charge in [-0.2, -0.15) is 0 Å². The summed E-state index contributed by atoms with van der Waals surface area (Å²) in [5.74, 6) is -0.128. The normalized spacial score (nSPS) is 17.8. The second-order valence-corrected chi connectivity index (χ2v) is 9.12. The van der Waals surface area contributed by atoms with Gasteiger partial charge in [-0.1, -0.05) is 12.1 Å². The molecule has 0 bridgehead atoms. The minimum Gasteiger partial charge on any atom is -0.368 e. The third-order valence-electron chi connectivity index (χ3n) is 6.81. The lowest BCUT2D eigenvalue weighted by Gasteiger charge is -2.38. The Bertz CT molecular complexity index is 1220. The van der Waals surface area contributed by atoms with E-state index in [4.69, 9.17) is 0 Å². The number of piperazine rings is 1. The maximum atomic E-state index is 13.3. The van der Waals surface area contributed by atoms with Gasteiger partial charge in [0.05, 0.1) is 22.6 Å². The summed E-state index contributed by atoms with van der Waals surface area (Å²) < 4.78 is 14.9. The van der Waals surface area contributed by atoms with Gasteiger partial charge in [0.15, 0.2) is 0 Å². The molecular formula is C25H27FN4O2. The number of rotatable bonds is 4. The van der Waals surface area contributed by atoms with E-state index in [0.717, 1.165) is 37.2 Å². The third kappa shape index (κ3) is 3.45. The standard InChI is InChI=1S/C25H27FN4O2/c1-17(2)30-16-27-22-15-20(7-8-21(22)23(30)31)28-11-13-29(14-12-28)24(32)25(9-10-25)18-3-5-19(26)6-4-18/h3-8,15-17H,9-14H2,1-2H3. The molecule has 7 heteroatoms. The van der Waals surface area contributed by atoms with Crippen molar-refractivity contribution in [3.63, 3.8) is 0 Å². The Balaban J connectivity index is 1.30. The summed E-state index contributed by atoms with van der Waals surface area (Å²) in [4.78, 5) is 34.6. The van der Waals surface area contributed by atoms with Gasteiger partial charge in [0, 0.05) is 37.9 Å². The number of halogens is 1. The summed E-state index contributed by atoms with van der Waals surface area (Å²) in [5, 5.41) is 0.619. The van der Waals surface area contributed by atoms with E-state index in [9.17, 15) is 14.0 Å². The Labute approximate surface area is 186 Å². The largest absolute Gasteiger partial charge is 0.368 e. The molecule has 2 heterocycles. The van der Waals surface area contributed by atoms with E-state index in [1.54, 1.807) is 23.0 Å². The van der Waals surface area contributed by atoms with Crippen molar-refractivity contribution in [3.05, 3.63) is 70.5 Å². The number of carbonyl (C=O) groups excluding carboxylic acids is 1. The van der Waals surface area contributed by atoms with Gasteiger partial charge in [0.25, 0.3) is 5.56 Å². The average molecular weight is 435 g/mol. The molecule has 0 radical (unpaired) electrons. The summed E-state index contributed by atoms with van der Waals surface area (Å²) in [6, 6.07) is 12.2. The molecule has 166 valence electrons. The molecule has 2 aromatic carbocycles. The van der Waals surface area contributed by atoms with Crippen LogP contribution in [-0.2, 0) is 10.2 Å². The first kappa shape index (κ1) is 20.7. The number of anilines is 1. The predicted molar refractivity (Wildman–Crippen MR) is 122 cm³/mol. The molecule has 1 amide bonds. The van der Waals surface area contributed by atoms with E-state index in [0.29, 0.717) is 24.0 Å². The second kappa shape index (κ2) is 7.73. The van der Waals surface area contributed by atoms with Crippen LogP contribution in [0.5, 0.6) is 0 Å². The highest BCUT2D eigenvalue weighted by atomic mass is 19.1. The van der Waals surface area contributed by atoms with Crippen molar-refractivity contribution in [1.29, 1.82) is 0 Å². The highest BCUT2D eigenvalue weighted by Gasteiger charge is 2.53. The maximum absolute atomic E-state index is 13.3. The summed E-state index contributed by atoms with van der Waals surface area (Å²) in [7, 11) is 0. The van der Waals surface area contributed by atoms with Crippen LogP contribution >= 0.6 is 0 Å². The molecule has 5 rings (SSSR count). The summed E-state index contributed by atoms with van der Waals surface area (Å²) in [6.07, 6.45) is 3.25. The van der Waals surface area contributed by atoms with Crippen LogP contribution in [-0.4, -0.2) is 46.5 Å². The molecule has 0 spiro atoms. The Morgan fingerprint density at radius 2 is 1.72 bits per heavy atom. The van der Waals surface area contributed by atoms with Crippen molar-refractivity contribution >= 4 is 22.5 Å². The molecule has 6 nitrogen and oxygen atoms in total. The highest BCUT2D eigenvalue weighted by molar-refractivity contribution is 5.91. The molecule has 2 aliphatic rings. The number of fused-ring (bicyclic) bond motifs is 1. The molecule has 0 unspecified atom stereocenters. The average Bonchev–Trinajstić information content (AvgIpc) is 3.61. The van der Waals surface area contributed by atoms with Crippen LogP contribution in [0.3, 0.4) is 0 Å². The van der Waals surface area contributed by atoms with Crippen LogP contribution in [0.25, 0.3) is 10.9 Å². The van der Waals surface area contributed by atoms with Crippen LogP contribution in [0.2, 0.25) is 0 Å². The fourth-order valence-corrected chi connectivity index (χ4v) is 4.68. The molecule has 1 aliphatic heterocycles. The van der Waals surface area contributed by atoms with E-state index >= 15 is 0 Å². The Morgan fingerprint density at radius 3 is 2.34 bits per heavy atom. The first-order valence-electron chi connectivity index (χ1n) is 11.2. The first-order chi connectivity index (χ1) is 15.4. The highest BCUT2D eigenvalue weighted by Crippen LogP contribution is 2.49. The van der Waals surface area contributed by atoms with Gasteiger partial charge >= 0.3 is 0 Å². The zero-order valence-electron chi connectivity index (χ0n) is 18.4. The van der Waals surface area contributed by atoms with Crippen molar-refractivity contribution in [2.24, 2.45) is 0 Å². The lowest BCUT2D eigenvalue weighted by atomic mass is 9.94. The quantitative estimate of drug-likeness (QED) is 0.631. The van der Waals surface area contributed by atoms with Crippen molar-refractivity contribution in [3.8, 4) is 0 Å². The topological polar surface area (TPSA) is 58.4 Å². The molecule has 2 fully saturated rings. The summed E-state index contributed by atoms with van der Waals surface area (Å²) in [6.45, 7) is 6.65. The Hall–Kier alpha value is -3.22. The van der Waals surface area contributed by atoms with Gasteiger partial charge in [-0.05, 0) is 62.6 Å².